The van der Waals surface area contributed by atoms with Crippen LogP contribution in [0.5, 0.6) is 5.75 Å². The normalized spacial score (nSPS) is 11.2. The van der Waals surface area contributed by atoms with Crippen molar-refractivity contribution < 1.29 is 13.2 Å². The molecule has 21 heavy (non-hydrogen) atoms. The zero-order valence-corrected chi connectivity index (χ0v) is 13.2. The summed E-state index contributed by atoms with van der Waals surface area (Å²) in [6, 6.07) is 12.8. The molecule has 0 aliphatic carbocycles. The second-order valence-electron chi connectivity index (χ2n) is 4.97. The van der Waals surface area contributed by atoms with Crippen molar-refractivity contribution in [3.8, 4) is 5.75 Å². The Morgan fingerprint density at radius 2 is 1.90 bits per heavy atom. The van der Waals surface area contributed by atoms with Gasteiger partial charge in [-0.05, 0) is 31.2 Å². The van der Waals surface area contributed by atoms with Crippen LogP contribution in [0.4, 0.5) is 5.69 Å². The second-order valence-corrected chi connectivity index (χ2v) is 6.98. The van der Waals surface area contributed by atoms with Crippen molar-refractivity contribution in [2.24, 2.45) is 0 Å². The maximum atomic E-state index is 11.6. The smallest absolute Gasteiger partial charge is 0.175 e. The third-order valence-electron chi connectivity index (χ3n) is 3.18. The molecule has 2 aromatic rings. The molecule has 5 heteroatoms. The second kappa shape index (κ2) is 6.18. The van der Waals surface area contributed by atoms with Gasteiger partial charge in [-0.1, -0.05) is 23.8 Å². The fourth-order valence-corrected chi connectivity index (χ4v) is 2.75. The standard InChI is InChI=1S/C16H19NO3S/c1-12-7-8-16(20-2)13(9-12)11-17-14-5-4-6-15(10-14)21(3,18)19/h4-10,17H,11H2,1-3H3. The van der Waals surface area contributed by atoms with Gasteiger partial charge in [-0.15, -0.1) is 0 Å². The molecule has 0 fully saturated rings. The van der Waals surface area contributed by atoms with Gasteiger partial charge in [0.2, 0.25) is 0 Å². The van der Waals surface area contributed by atoms with Crippen molar-refractivity contribution in [2.75, 3.05) is 18.7 Å². The number of aryl methyl sites for hydroxylation is 1. The lowest BCUT2D eigenvalue weighted by molar-refractivity contribution is 0.410. The number of benzene rings is 2. The molecule has 4 nitrogen and oxygen atoms in total. The van der Waals surface area contributed by atoms with Crippen LogP contribution in [0, 0.1) is 6.92 Å². The van der Waals surface area contributed by atoms with E-state index in [4.69, 9.17) is 4.74 Å². The highest BCUT2D eigenvalue weighted by Gasteiger charge is 2.08. The third-order valence-corrected chi connectivity index (χ3v) is 4.29. The summed E-state index contributed by atoms with van der Waals surface area (Å²) >= 11 is 0. The van der Waals surface area contributed by atoms with Gasteiger partial charge in [-0.3, -0.25) is 0 Å². The van der Waals surface area contributed by atoms with Crippen LogP contribution >= 0.6 is 0 Å². The molecule has 0 unspecified atom stereocenters. The van der Waals surface area contributed by atoms with E-state index in [-0.39, 0.29) is 0 Å². The molecular formula is C16H19NO3S. The Labute approximate surface area is 125 Å². The average Bonchev–Trinajstić information content (AvgIpc) is 2.45. The average molecular weight is 305 g/mol. The number of nitrogens with one attached hydrogen (secondary N) is 1. The minimum atomic E-state index is -3.19. The fraction of sp³-hybridized carbons (Fsp3) is 0.250. The summed E-state index contributed by atoms with van der Waals surface area (Å²) in [5.74, 6) is 0.812. The summed E-state index contributed by atoms with van der Waals surface area (Å²) < 4.78 is 28.4. The molecule has 0 saturated heterocycles. The first-order valence-corrected chi connectivity index (χ1v) is 8.47. The van der Waals surface area contributed by atoms with E-state index in [1.807, 2.05) is 31.2 Å². The number of hydrogen-bond acceptors (Lipinski definition) is 4. The van der Waals surface area contributed by atoms with Gasteiger partial charge in [-0.2, -0.15) is 0 Å². The molecule has 0 radical (unpaired) electrons. The Morgan fingerprint density at radius 3 is 2.57 bits per heavy atom. The van der Waals surface area contributed by atoms with E-state index in [1.165, 1.54) is 6.26 Å². The van der Waals surface area contributed by atoms with Gasteiger partial charge in [0.05, 0.1) is 12.0 Å². The van der Waals surface area contributed by atoms with Crippen molar-refractivity contribution in [2.45, 2.75) is 18.4 Å². The predicted octanol–water partition coefficient (Wildman–Crippen LogP) is 3.02. The van der Waals surface area contributed by atoms with E-state index in [0.717, 1.165) is 22.6 Å². The monoisotopic (exact) mass is 305 g/mol. The minimum absolute atomic E-state index is 0.309. The van der Waals surface area contributed by atoms with E-state index in [2.05, 4.69) is 5.32 Å². The number of ether oxygens (including phenoxy) is 1. The van der Waals surface area contributed by atoms with Crippen LogP contribution in [0.25, 0.3) is 0 Å². The Hall–Kier alpha value is -2.01. The topological polar surface area (TPSA) is 55.4 Å². The maximum Gasteiger partial charge on any atom is 0.175 e. The van der Waals surface area contributed by atoms with Crippen LogP contribution < -0.4 is 10.1 Å². The predicted molar refractivity (Wildman–Crippen MR) is 84.6 cm³/mol. The first-order chi connectivity index (χ1) is 9.90. The molecule has 0 bridgehead atoms. The van der Waals surface area contributed by atoms with Crippen LogP contribution in [0.2, 0.25) is 0 Å². The van der Waals surface area contributed by atoms with Crippen LogP contribution in [0.3, 0.4) is 0 Å². The largest absolute Gasteiger partial charge is 0.496 e. The van der Waals surface area contributed by atoms with Crippen molar-refractivity contribution in [1.82, 2.24) is 0 Å². The summed E-state index contributed by atoms with van der Waals surface area (Å²) in [5.41, 5.74) is 2.95. The van der Waals surface area contributed by atoms with E-state index >= 15 is 0 Å². The SMILES string of the molecule is COc1ccc(C)cc1CNc1cccc(S(C)(=O)=O)c1. The molecule has 0 aromatic heterocycles. The van der Waals surface area contributed by atoms with Crippen LogP contribution in [-0.4, -0.2) is 21.8 Å². The van der Waals surface area contributed by atoms with Crippen molar-refractivity contribution in [3.63, 3.8) is 0 Å². The number of anilines is 1. The number of methoxy groups -OCH3 is 1. The van der Waals surface area contributed by atoms with Gasteiger partial charge < -0.3 is 10.1 Å². The Balaban J connectivity index is 2.19. The lowest BCUT2D eigenvalue weighted by atomic mass is 10.1. The molecule has 0 saturated carbocycles. The van der Waals surface area contributed by atoms with E-state index < -0.39 is 9.84 Å². The quantitative estimate of drug-likeness (QED) is 0.922. The highest BCUT2D eigenvalue weighted by molar-refractivity contribution is 7.90. The van der Waals surface area contributed by atoms with Crippen LogP contribution in [-0.2, 0) is 16.4 Å². The van der Waals surface area contributed by atoms with Gasteiger partial charge >= 0.3 is 0 Å². The molecule has 2 rings (SSSR count). The Kier molecular flexibility index (Phi) is 4.53. The molecular weight excluding hydrogens is 286 g/mol. The molecule has 0 heterocycles. The van der Waals surface area contributed by atoms with Crippen molar-refractivity contribution in [1.29, 1.82) is 0 Å². The highest BCUT2D eigenvalue weighted by atomic mass is 32.2. The zero-order valence-electron chi connectivity index (χ0n) is 12.4. The number of rotatable bonds is 5. The molecule has 1 N–H and O–H groups in total. The van der Waals surface area contributed by atoms with Gasteiger partial charge in [0.15, 0.2) is 9.84 Å². The lowest BCUT2D eigenvalue weighted by Crippen LogP contribution is -2.03. The summed E-state index contributed by atoms with van der Waals surface area (Å²) in [4.78, 5) is 0.309. The summed E-state index contributed by atoms with van der Waals surface area (Å²) in [6.07, 6.45) is 1.20. The zero-order chi connectivity index (χ0) is 15.5. The summed E-state index contributed by atoms with van der Waals surface area (Å²) in [6.45, 7) is 2.59. The van der Waals surface area contributed by atoms with Gasteiger partial charge in [-0.25, -0.2) is 8.42 Å². The Morgan fingerprint density at radius 1 is 1.14 bits per heavy atom. The lowest BCUT2D eigenvalue weighted by Gasteiger charge is -2.12. The van der Waals surface area contributed by atoms with Crippen molar-refractivity contribution in [3.05, 3.63) is 53.6 Å². The number of hydrogen-bond donors (Lipinski definition) is 1. The summed E-state index contributed by atoms with van der Waals surface area (Å²) in [5, 5.41) is 3.23. The molecule has 0 spiro atoms. The first kappa shape index (κ1) is 15.4. The Bertz CT molecular complexity index is 739. The van der Waals surface area contributed by atoms with Crippen molar-refractivity contribution >= 4 is 15.5 Å². The van der Waals surface area contributed by atoms with Gasteiger partial charge in [0.1, 0.15) is 5.75 Å². The van der Waals surface area contributed by atoms with Gasteiger partial charge in [0, 0.05) is 24.1 Å². The van der Waals surface area contributed by atoms with Gasteiger partial charge in [0.25, 0.3) is 0 Å². The third kappa shape index (κ3) is 3.98. The summed E-state index contributed by atoms with van der Waals surface area (Å²) in [7, 11) is -1.56. The minimum Gasteiger partial charge on any atom is -0.496 e. The highest BCUT2D eigenvalue weighted by Crippen LogP contribution is 2.22. The molecule has 0 aliphatic rings. The molecule has 2 aromatic carbocycles. The molecule has 112 valence electrons. The molecule has 0 amide bonds. The van der Waals surface area contributed by atoms with Crippen LogP contribution in [0.1, 0.15) is 11.1 Å². The van der Waals surface area contributed by atoms with E-state index in [9.17, 15) is 8.42 Å². The fourth-order valence-electron chi connectivity index (χ4n) is 2.08. The molecule has 0 aliphatic heterocycles. The number of sulfone groups is 1. The maximum absolute atomic E-state index is 11.6. The first-order valence-electron chi connectivity index (χ1n) is 6.57. The van der Waals surface area contributed by atoms with E-state index in [0.29, 0.717) is 11.4 Å². The molecule has 0 atom stereocenters. The van der Waals surface area contributed by atoms with E-state index in [1.54, 1.807) is 25.3 Å². The van der Waals surface area contributed by atoms with Crippen LogP contribution in [0.15, 0.2) is 47.4 Å².